The Morgan fingerprint density at radius 1 is 1.14 bits per heavy atom. The molecule has 4 heteroatoms. The van der Waals surface area contributed by atoms with E-state index < -0.39 is 6.09 Å². The van der Waals surface area contributed by atoms with Crippen LogP contribution >= 0.6 is 0 Å². The third kappa shape index (κ3) is 9.32. The van der Waals surface area contributed by atoms with Crippen LogP contribution in [0.4, 0.5) is 4.79 Å². The largest absolute Gasteiger partial charge is 0.449 e. The summed E-state index contributed by atoms with van der Waals surface area (Å²) < 4.78 is 4.74. The van der Waals surface area contributed by atoms with Crippen molar-refractivity contribution >= 4 is 6.09 Å². The topological polar surface area (TPSA) is 64.3 Å². The van der Waals surface area contributed by atoms with Crippen LogP contribution in [0.5, 0.6) is 0 Å². The molecule has 0 aliphatic heterocycles. The van der Waals surface area contributed by atoms with E-state index in [-0.39, 0.29) is 0 Å². The van der Waals surface area contributed by atoms with Gasteiger partial charge in [-0.2, -0.15) is 0 Å². The summed E-state index contributed by atoms with van der Waals surface area (Å²) in [6.07, 6.45) is 7.95. The van der Waals surface area contributed by atoms with Crippen molar-refractivity contribution < 1.29 is 9.53 Å². The monoisotopic (exact) mass is 202 g/mol. The molecule has 0 saturated heterocycles. The molecule has 1 amide bonds. The molecule has 0 unspecified atom stereocenters. The number of amides is 1. The average molecular weight is 202 g/mol. The van der Waals surface area contributed by atoms with Crippen LogP contribution in [0.15, 0.2) is 0 Å². The molecule has 0 bridgehead atoms. The highest BCUT2D eigenvalue weighted by atomic mass is 16.5. The van der Waals surface area contributed by atoms with Crippen molar-refractivity contribution in [2.45, 2.75) is 51.9 Å². The van der Waals surface area contributed by atoms with Gasteiger partial charge in [-0.15, -0.1) is 0 Å². The summed E-state index contributed by atoms with van der Waals surface area (Å²) in [5.41, 5.74) is 1.92. The van der Waals surface area contributed by atoms with E-state index in [1.807, 2.05) is 5.43 Å². The number of carbonyl (C=O) groups excluding carboxylic acids is 1. The SMILES string of the molecule is CCCCCCCCCOC(=O)NN. The Morgan fingerprint density at radius 3 is 2.29 bits per heavy atom. The van der Waals surface area contributed by atoms with Crippen LogP contribution in [0.3, 0.4) is 0 Å². The Hall–Kier alpha value is -0.770. The van der Waals surface area contributed by atoms with E-state index in [4.69, 9.17) is 10.6 Å². The molecule has 0 rings (SSSR count). The molecule has 4 nitrogen and oxygen atoms in total. The van der Waals surface area contributed by atoms with Crippen LogP contribution in [-0.4, -0.2) is 12.7 Å². The zero-order valence-corrected chi connectivity index (χ0v) is 9.05. The van der Waals surface area contributed by atoms with E-state index >= 15 is 0 Å². The summed E-state index contributed by atoms with van der Waals surface area (Å²) in [5.74, 6) is 4.84. The summed E-state index contributed by atoms with van der Waals surface area (Å²) in [7, 11) is 0. The Morgan fingerprint density at radius 2 is 1.71 bits per heavy atom. The molecule has 84 valence electrons. The molecule has 0 aromatic rings. The number of nitrogens with one attached hydrogen (secondary N) is 1. The van der Waals surface area contributed by atoms with Crippen molar-refractivity contribution in [3.63, 3.8) is 0 Å². The molecular formula is C10H22N2O2. The fraction of sp³-hybridized carbons (Fsp3) is 0.900. The fourth-order valence-corrected chi connectivity index (χ4v) is 1.27. The minimum absolute atomic E-state index is 0.469. The number of nitrogens with two attached hydrogens (primary N) is 1. The second-order valence-electron chi connectivity index (χ2n) is 3.40. The van der Waals surface area contributed by atoms with Crippen LogP contribution in [0.2, 0.25) is 0 Å². The van der Waals surface area contributed by atoms with Gasteiger partial charge in [0.15, 0.2) is 0 Å². The van der Waals surface area contributed by atoms with Crippen LogP contribution in [-0.2, 0) is 4.74 Å². The molecule has 0 atom stereocenters. The van der Waals surface area contributed by atoms with Gasteiger partial charge in [0.2, 0.25) is 0 Å². The molecule has 14 heavy (non-hydrogen) atoms. The first kappa shape index (κ1) is 13.2. The molecule has 0 saturated carbocycles. The van der Waals surface area contributed by atoms with Gasteiger partial charge in [0.1, 0.15) is 0 Å². The van der Waals surface area contributed by atoms with Crippen LogP contribution < -0.4 is 11.3 Å². The minimum Gasteiger partial charge on any atom is -0.449 e. The number of hydrogen-bond acceptors (Lipinski definition) is 3. The van der Waals surface area contributed by atoms with Crippen LogP contribution in [0, 0.1) is 0 Å². The lowest BCUT2D eigenvalue weighted by molar-refractivity contribution is 0.144. The van der Waals surface area contributed by atoms with E-state index in [1.165, 1.54) is 32.1 Å². The average Bonchev–Trinajstić information content (AvgIpc) is 2.21. The first-order chi connectivity index (χ1) is 6.81. The lowest BCUT2D eigenvalue weighted by atomic mass is 10.1. The van der Waals surface area contributed by atoms with Gasteiger partial charge in [-0.05, 0) is 6.42 Å². The minimum atomic E-state index is -0.545. The molecule has 3 N–H and O–H groups in total. The number of hydrazine groups is 1. The molecule has 0 spiro atoms. The van der Waals surface area contributed by atoms with Crippen molar-refractivity contribution in [2.24, 2.45) is 5.84 Å². The molecule has 0 fully saturated rings. The van der Waals surface area contributed by atoms with Gasteiger partial charge >= 0.3 is 6.09 Å². The number of hydrogen-bond donors (Lipinski definition) is 2. The molecule has 0 aromatic heterocycles. The molecular weight excluding hydrogens is 180 g/mol. The number of unbranched alkanes of at least 4 members (excludes halogenated alkanes) is 6. The van der Waals surface area contributed by atoms with Gasteiger partial charge in [0.05, 0.1) is 6.61 Å². The lowest BCUT2D eigenvalue weighted by Gasteiger charge is -2.03. The summed E-state index contributed by atoms with van der Waals surface area (Å²) in [6, 6.07) is 0. The normalized spacial score (nSPS) is 9.86. The summed E-state index contributed by atoms with van der Waals surface area (Å²) in [4.78, 5) is 10.5. The van der Waals surface area contributed by atoms with E-state index in [1.54, 1.807) is 0 Å². The fourth-order valence-electron chi connectivity index (χ4n) is 1.27. The van der Waals surface area contributed by atoms with Crippen LogP contribution in [0.25, 0.3) is 0 Å². The molecule has 0 aliphatic rings. The highest BCUT2D eigenvalue weighted by Gasteiger charge is 1.96. The van der Waals surface area contributed by atoms with E-state index in [2.05, 4.69) is 6.92 Å². The van der Waals surface area contributed by atoms with Gasteiger partial charge in [-0.1, -0.05) is 45.4 Å². The van der Waals surface area contributed by atoms with E-state index in [9.17, 15) is 4.79 Å². The van der Waals surface area contributed by atoms with Crippen molar-refractivity contribution in [1.82, 2.24) is 5.43 Å². The standard InChI is InChI=1S/C10H22N2O2/c1-2-3-4-5-6-7-8-9-14-10(13)12-11/h2-9,11H2,1H3,(H,12,13). The smallest absolute Gasteiger partial charge is 0.421 e. The molecule has 0 aromatic carbocycles. The van der Waals surface area contributed by atoms with Gasteiger partial charge in [-0.25, -0.2) is 10.6 Å². The third-order valence-corrected chi connectivity index (χ3v) is 2.10. The molecule has 0 radical (unpaired) electrons. The maximum Gasteiger partial charge on any atom is 0.421 e. The van der Waals surface area contributed by atoms with Crippen molar-refractivity contribution in [3.8, 4) is 0 Å². The van der Waals surface area contributed by atoms with Gasteiger partial charge in [-0.3, -0.25) is 5.43 Å². The second-order valence-corrected chi connectivity index (χ2v) is 3.40. The van der Waals surface area contributed by atoms with Crippen molar-refractivity contribution in [1.29, 1.82) is 0 Å². The molecule has 0 aliphatic carbocycles. The van der Waals surface area contributed by atoms with Crippen molar-refractivity contribution in [3.05, 3.63) is 0 Å². The zero-order valence-electron chi connectivity index (χ0n) is 9.05. The highest BCUT2D eigenvalue weighted by Crippen LogP contribution is 2.06. The molecule has 0 heterocycles. The Bertz CT molecular complexity index is 140. The maximum absolute atomic E-state index is 10.5. The number of ether oxygens (including phenoxy) is 1. The van der Waals surface area contributed by atoms with Gasteiger partial charge < -0.3 is 4.74 Å². The number of carbonyl (C=O) groups is 1. The number of rotatable bonds is 8. The van der Waals surface area contributed by atoms with Gasteiger partial charge in [0.25, 0.3) is 0 Å². The Balaban J connectivity index is 2.95. The Kier molecular flexibility index (Phi) is 9.74. The van der Waals surface area contributed by atoms with E-state index in [0.717, 1.165) is 12.8 Å². The quantitative estimate of drug-likeness (QED) is 0.275. The summed E-state index contributed by atoms with van der Waals surface area (Å²) in [5, 5.41) is 0. The summed E-state index contributed by atoms with van der Waals surface area (Å²) >= 11 is 0. The van der Waals surface area contributed by atoms with Crippen LogP contribution in [0.1, 0.15) is 51.9 Å². The predicted octanol–water partition coefficient (Wildman–Crippen LogP) is 2.34. The predicted molar refractivity (Wildman–Crippen MR) is 56.7 cm³/mol. The zero-order chi connectivity index (χ0) is 10.6. The Labute approximate surface area is 86.2 Å². The lowest BCUT2D eigenvalue weighted by Crippen LogP contribution is -2.30. The third-order valence-electron chi connectivity index (χ3n) is 2.10. The maximum atomic E-state index is 10.5. The van der Waals surface area contributed by atoms with E-state index in [0.29, 0.717) is 6.61 Å². The first-order valence-electron chi connectivity index (χ1n) is 5.44. The second kappa shape index (κ2) is 10.3. The highest BCUT2D eigenvalue weighted by molar-refractivity contribution is 5.66. The van der Waals surface area contributed by atoms with Gasteiger partial charge in [0, 0.05) is 0 Å². The summed E-state index contributed by atoms with van der Waals surface area (Å²) in [6.45, 7) is 2.68. The first-order valence-corrected chi connectivity index (χ1v) is 5.44. The van der Waals surface area contributed by atoms with Crippen molar-refractivity contribution in [2.75, 3.05) is 6.61 Å².